The van der Waals surface area contributed by atoms with Gasteiger partial charge in [-0.05, 0) is 219 Å². The van der Waals surface area contributed by atoms with E-state index < -0.39 is 47.4 Å². The highest BCUT2D eigenvalue weighted by Crippen LogP contribution is 2.49. The molecule has 0 aliphatic carbocycles. The van der Waals surface area contributed by atoms with Gasteiger partial charge in [-0.1, -0.05) is 312 Å². The molecule has 0 saturated carbocycles. The summed E-state index contributed by atoms with van der Waals surface area (Å²) >= 11 is 0. The maximum absolute atomic E-state index is 12.9. The summed E-state index contributed by atoms with van der Waals surface area (Å²) in [5, 5.41) is 16.6. The molecule has 0 aliphatic heterocycles. The number of benzene rings is 18. The summed E-state index contributed by atoms with van der Waals surface area (Å²) in [6, 6.07) is 112. The molecule has 18 aromatic rings. The summed E-state index contributed by atoms with van der Waals surface area (Å²) in [6.45, 7) is 0. The first-order valence-corrected chi connectivity index (χ1v) is 38.8. The zero-order valence-corrected chi connectivity index (χ0v) is 59.9. The first-order valence-electron chi connectivity index (χ1n) is 34.5. The Balaban J connectivity index is 0.000000138. The van der Waals surface area contributed by atoms with Gasteiger partial charge in [0.15, 0.2) is 0 Å². The van der Waals surface area contributed by atoms with Crippen LogP contribution >= 0.6 is 0 Å². The standard InChI is InChI=1S/C32H22O3S.C31H19F3O4S.C30H20O3S.2CH4/c33-36(34,35)26-15-9-14-24(20-26)25-18-19-29-30(21-25)32(23-12-5-2-6-13-23)28-17-8-7-16-27(28)31(29)22-10-3-1-4-11-22;32-31(33,34)38-27-16-15-22(18-28(27)39(35,36)37)30-25-11-5-3-9-23(25)29(24-10-4-6-12-26(24)30)21-14-13-19-7-1-2-8-20(19)17-21;31-34(32,33)24-17-15-21(16-18-24)29-25-9-3-5-11-27(25)30(28-12-6-4-10-26(28)29)23-14-13-20-7-1-2-8-22(20)19-23;;/h1-21H,(H,33,34,35);1-18H,(H,35,36,37);1-19H,(H,31,32,33);2*1H4/p-3. The van der Waals surface area contributed by atoms with Gasteiger partial charge in [0.05, 0.1) is 14.7 Å². The van der Waals surface area contributed by atoms with Crippen LogP contribution < -0.4 is 4.74 Å². The van der Waals surface area contributed by atoms with E-state index in [0.29, 0.717) is 11.1 Å². The number of halogens is 3. The van der Waals surface area contributed by atoms with Crippen LogP contribution in [0, 0.1) is 0 Å². The minimum absolute atomic E-state index is 0. The number of hydrogen-bond acceptors (Lipinski definition) is 10. The van der Waals surface area contributed by atoms with E-state index in [1.165, 1.54) is 52.1 Å². The molecule has 111 heavy (non-hydrogen) atoms. The second kappa shape index (κ2) is 30.4. The van der Waals surface area contributed by atoms with E-state index in [1.54, 1.807) is 18.2 Å². The Kier molecular flexibility index (Phi) is 20.6. The number of alkyl halides is 3. The van der Waals surface area contributed by atoms with E-state index in [-0.39, 0.29) is 30.2 Å². The molecule has 0 spiro atoms. The predicted octanol–water partition coefficient (Wildman–Crippen LogP) is 24.8. The van der Waals surface area contributed by atoms with Gasteiger partial charge in [0.2, 0.25) is 0 Å². The SMILES string of the molecule is C.C.O=S(=O)([O-])c1cc(-c2c3ccccc3c(-c3ccc4ccccc4c3)c3ccccc23)ccc1OC(F)(F)F.O=S(=O)([O-])c1ccc(-c2c3ccccc3c(-c3ccc4ccccc4c3)c3ccccc23)cc1.O=S(=O)([O-])c1cccc(-c2ccc3c(-c4ccccc4)c4ccccc4c(-c4ccccc4)c3c2)c1. The fraction of sp³-hybridized carbons (Fsp3) is 0.0316. The number of ether oxygens (including phenoxy) is 1. The van der Waals surface area contributed by atoms with Gasteiger partial charge in [-0.3, -0.25) is 0 Å². The normalized spacial score (nSPS) is 11.8. The third-order valence-corrected chi connectivity index (χ3v) is 22.2. The van der Waals surface area contributed by atoms with Crippen molar-refractivity contribution in [3.63, 3.8) is 0 Å². The van der Waals surface area contributed by atoms with Gasteiger partial charge in [-0.2, -0.15) is 0 Å². The van der Waals surface area contributed by atoms with Crippen molar-refractivity contribution >= 4 is 117 Å². The van der Waals surface area contributed by atoms with E-state index in [4.69, 9.17) is 0 Å². The third-order valence-electron chi connectivity index (χ3n) is 19.7. The molecule has 18 aromatic carbocycles. The molecule has 0 radical (unpaired) electrons. The minimum atomic E-state index is -5.29. The van der Waals surface area contributed by atoms with E-state index >= 15 is 0 Å². The molecule has 10 nitrogen and oxygen atoms in total. The van der Waals surface area contributed by atoms with Gasteiger partial charge in [-0.15, -0.1) is 13.2 Å². The van der Waals surface area contributed by atoms with E-state index in [1.807, 2.05) is 164 Å². The average Bonchev–Trinajstić information content (AvgIpc) is 0.742. The fourth-order valence-corrected chi connectivity index (χ4v) is 16.7. The second-order valence-electron chi connectivity index (χ2n) is 26.2. The van der Waals surface area contributed by atoms with Gasteiger partial charge in [0, 0.05) is 0 Å². The molecule has 0 N–H and O–H groups in total. The van der Waals surface area contributed by atoms with Crippen LogP contribution in [0.4, 0.5) is 13.2 Å². The van der Waals surface area contributed by atoms with Crippen molar-refractivity contribution in [1.29, 1.82) is 0 Å². The molecule has 0 fully saturated rings. The van der Waals surface area contributed by atoms with Gasteiger partial charge < -0.3 is 18.4 Å². The summed E-state index contributed by atoms with van der Waals surface area (Å²) in [6.07, 6.45) is -5.16. The van der Waals surface area contributed by atoms with Crippen LogP contribution in [0.15, 0.2) is 367 Å². The monoisotopic (exact) mass is 1520 g/mol. The molecule has 0 heterocycles. The smallest absolute Gasteiger partial charge is 0.573 e. The van der Waals surface area contributed by atoms with Crippen LogP contribution in [-0.2, 0) is 30.4 Å². The highest BCUT2D eigenvalue weighted by molar-refractivity contribution is 7.86. The number of rotatable bonds is 11. The molecular formula is C95H66F3O10S3-3. The molecule has 0 saturated heterocycles. The molecule has 0 atom stereocenters. The molecule has 18 rings (SSSR count). The highest BCUT2D eigenvalue weighted by atomic mass is 32.2. The van der Waals surface area contributed by atoms with E-state index in [9.17, 15) is 52.1 Å². The van der Waals surface area contributed by atoms with Gasteiger partial charge >= 0.3 is 6.36 Å². The van der Waals surface area contributed by atoms with E-state index in [2.05, 4.69) is 132 Å². The Morgan fingerprint density at radius 2 is 0.514 bits per heavy atom. The summed E-state index contributed by atoms with van der Waals surface area (Å²) < 4.78 is 148. The van der Waals surface area contributed by atoms with Crippen LogP contribution in [0.3, 0.4) is 0 Å². The molecule has 0 unspecified atom stereocenters. The van der Waals surface area contributed by atoms with Crippen molar-refractivity contribution in [3.05, 3.63) is 352 Å². The number of fused-ring (bicyclic) bond motifs is 8. The largest absolute Gasteiger partial charge is 0.744 e. The molecule has 0 bridgehead atoms. The minimum Gasteiger partial charge on any atom is -0.744 e. The van der Waals surface area contributed by atoms with Crippen LogP contribution in [0.5, 0.6) is 5.75 Å². The van der Waals surface area contributed by atoms with Crippen molar-refractivity contribution < 1.29 is 56.8 Å². The first-order chi connectivity index (χ1) is 52.6. The lowest BCUT2D eigenvalue weighted by Gasteiger charge is -2.20. The Bertz CT molecular complexity index is 6910. The second-order valence-corrected chi connectivity index (χ2v) is 30.3. The van der Waals surface area contributed by atoms with Crippen molar-refractivity contribution in [3.8, 4) is 83.6 Å². The summed E-state index contributed by atoms with van der Waals surface area (Å²) in [5.74, 6) is -1.07. The summed E-state index contributed by atoms with van der Waals surface area (Å²) in [7, 11) is -14.3. The van der Waals surface area contributed by atoms with Crippen molar-refractivity contribution in [2.75, 3.05) is 0 Å². The van der Waals surface area contributed by atoms with Crippen molar-refractivity contribution in [1.82, 2.24) is 0 Å². The lowest BCUT2D eigenvalue weighted by atomic mass is 9.85. The van der Waals surface area contributed by atoms with Crippen LogP contribution in [0.2, 0.25) is 0 Å². The highest BCUT2D eigenvalue weighted by Gasteiger charge is 2.33. The summed E-state index contributed by atoms with van der Waals surface area (Å²) in [4.78, 5) is -1.53. The molecule has 0 amide bonds. The van der Waals surface area contributed by atoms with Gasteiger partial charge in [0.25, 0.3) is 0 Å². The predicted molar refractivity (Wildman–Crippen MR) is 441 cm³/mol. The number of hydrogen-bond donors (Lipinski definition) is 0. The zero-order valence-electron chi connectivity index (χ0n) is 57.4. The van der Waals surface area contributed by atoms with Crippen LogP contribution in [0.1, 0.15) is 14.9 Å². The van der Waals surface area contributed by atoms with Crippen molar-refractivity contribution in [2.24, 2.45) is 0 Å². The first kappa shape index (κ1) is 75.2. The quantitative estimate of drug-likeness (QED) is 0.0893. The maximum Gasteiger partial charge on any atom is 0.573 e. The van der Waals surface area contributed by atoms with Gasteiger partial charge in [0.1, 0.15) is 36.1 Å². The molecular weight excluding hydrogens is 1450 g/mol. The Morgan fingerprint density at radius 3 is 0.892 bits per heavy atom. The van der Waals surface area contributed by atoms with Gasteiger partial charge in [-0.25, -0.2) is 25.3 Å². The third kappa shape index (κ3) is 14.9. The van der Waals surface area contributed by atoms with E-state index in [0.717, 1.165) is 138 Å². The topological polar surface area (TPSA) is 181 Å². The lowest BCUT2D eigenvalue weighted by Crippen LogP contribution is -2.19. The Hall–Kier alpha value is -12.6. The molecule has 548 valence electrons. The average molecular weight is 1520 g/mol. The fourth-order valence-electron chi connectivity index (χ4n) is 15.1. The Labute approximate surface area is 640 Å². The van der Waals surface area contributed by atoms with Crippen LogP contribution in [-0.4, -0.2) is 45.3 Å². The van der Waals surface area contributed by atoms with Crippen LogP contribution in [0.25, 0.3) is 164 Å². The lowest BCUT2D eigenvalue weighted by molar-refractivity contribution is -0.275. The van der Waals surface area contributed by atoms with Crippen molar-refractivity contribution in [2.45, 2.75) is 35.9 Å². The Morgan fingerprint density at radius 1 is 0.225 bits per heavy atom. The molecule has 0 aromatic heterocycles. The zero-order chi connectivity index (χ0) is 75.3. The molecule has 0 aliphatic rings. The molecule has 16 heteroatoms. The summed E-state index contributed by atoms with van der Waals surface area (Å²) in [5.41, 5.74) is 13.0. The maximum atomic E-state index is 12.9.